The lowest BCUT2D eigenvalue weighted by Gasteiger charge is -2.31. The molecule has 1 fully saturated rings. The van der Waals surface area contributed by atoms with Crippen LogP contribution in [0.15, 0.2) is 29.4 Å². The highest BCUT2D eigenvalue weighted by molar-refractivity contribution is 6.45. The van der Waals surface area contributed by atoms with Crippen LogP contribution in [-0.2, 0) is 9.53 Å². The zero-order valence-corrected chi connectivity index (χ0v) is 15.1. The van der Waals surface area contributed by atoms with E-state index >= 15 is 0 Å². The lowest BCUT2D eigenvalue weighted by atomic mass is 9.97. The van der Waals surface area contributed by atoms with E-state index in [2.05, 4.69) is 10.5 Å². The topological polar surface area (TPSA) is 145 Å². The molecule has 0 saturated carbocycles. The number of anilines is 1. The van der Waals surface area contributed by atoms with E-state index in [0.717, 1.165) is 12.8 Å². The number of hydrazone groups is 1. The molecule has 9 nitrogen and oxygen atoms in total. The normalized spacial score (nSPS) is 17.0. The summed E-state index contributed by atoms with van der Waals surface area (Å²) in [4.78, 5) is 26.3. The van der Waals surface area contributed by atoms with E-state index in [9.17, 15) is 9.59 Å². The van der Waals surface area contributed by atoms with Gasteiger partial charge in [0.25, 0.3) is 5.91 Å². The van der Waals surface area contributed by atoms with Gasteiger partial charge < -0.3 is 15.4 Å². The molecule has 27 heavy (non-hydrogen) atoms. The summed E-state index contributed by atoms with van der Waals surface area (Å²) in [5.41, 5.74) is 8.64. The van der Waals surface area contributed by atoms with Crippen LogP contribution in [0.1, 0.15) is 30.1 Å². The second-order valence-corrected chi connectivity index (χ2v) is 6.02. The van der Waals surface area contributed by atoms with Gasteiger partial charge in [0.15, 0.2) is 5.84 Å². The highest BCUT2D eigenvalue weighted by Crippen LogP contribution is 2.20. The standard InChI is InChI=1S/C18H22N6O3/c1-2-27-18(26)13-4-3-9-24(11-13)17(25)12-5-7-14(8-6-12)22-23-15(10-19)16(20)21/h5-8,13,22H,2-4,9,11H2,1H3,(H3,20,21)/b23-15+. The van der Waals surface area contributed by atoms with Gasteiger partial charge in [-0.25, -0.2) is 0 Å². The van der Waals surface area contributed by atoms with Crippen LogP contribution >= 0.6 is 0 Å². The average molecular weight is 370 g/mol. The first-order valence-corrected chi connectivity index (χ1v) is 8.60. The van der Waals surface area contributed by atoms with Crippen molar-refractivity contribution in [3.63, 3.8) is 0 Å². The minimum absolute atomic E-state index is 0.152. The Hall–Kier alpha value is -3.41. The van der Waals surface area contributed by atoms with Crippen LogP contribution in [0.5, 0.6) is 0 Å². The maximum absolute atomic E-state index is 12.7. The summed E-state index contributed by atoms with van der Waals surface area (Å²) in [5, 5.41) is 19.7. The molecule has 1 amide bonds. The number of esters is 1. The third-order valence-electron chi connectivity index (χ3n) is 4.12. The summed E-state index contributed by atoms with van der Waals surface area (Å²) in [6.07, 6.45) is 1.48. The Morgan fingerprint density at radius 2 is 2.15 bits per heavy atom. The monoisotopic (exact) mass is 370 g/mol. The van der Waals surface area contributed by atoms with E-state index in [1.165, 1.54) is 0 Å². The van der Waals surface area contributed by atoms with Crippen LogP contribution in [0.3, 0.4) is 0 Å². The summed E-state index contributed by atoms with van der Waals surface area (Å²) in [6.45, 7) is 3.05. The molecule has 2 rings (SSSR count). The quantitative estimate of drug-likeness (QED) is 0.298. The maximum Gasteiger partial charge on any atom is 0.310 e. The van der Waals surface area contributed by atoms with E-state index in [4.69, 9.17) is 21.1 Å². The zero-order chi connectivity index (χ0) is 19.8. The van der Waals surface area contributed by atoms with Crippen LogP contribution in [0, 0.1) is 22.7 Å². The zero-order valence-electron chi connectivity index (χ0n) is 15.1. The molecule has 1 heterocycles. The minimum Gasteiger partial charge on any atom is -0.466 e. The number of likely N-dealkylation sites (tertiary alicyclic amines) is 1. The molecule has 0 radical (unpaired) electrons. The number of nitriles is 1. The largest absolute Gasteiger partial charge is 0.466 e. The van der Waals surface area contributed by atoms with Gasteiger partial charge in [0.05, 0.1) is 18.2 Å². The van der Waals surface area contributed by atoms with Gasteiger partial charge in [-0.1, -0.05) is 0 Å². The van der Waals surface area contributed by atoms with Gasteiger partial charge in [-0.3, -0.25) is 20.4 Å². The Kier molecular flexibility index (Phi) is 6.88. The number of carbonyl (C=O) groups is 2. The summed E-state index contributed by atoms with van der Waals surface area (Å²) >= 11 is 0. The molecule has 1 aliphatic heterocycles. The number of carbonyl (C=O) groups excluding carboxylic acids is 2. The van der Waals surface area contributed by atoms with Crippen molar-refractivity contribution >= 4 is 29.1 Å². The van der Waals surface area contributed by atoms with E-state index in [0.29, 0.717) is 30.9 Å². The molecule has 1 aromatic carbocycles. The molecule has 1 saturated heterocycles. The molecule has 142 valence electrons. The molecular weight excluding hydrogens is 348 g/mol. The minimum atomic E-state index is -0.432. The lowest BCUT2D eigenvalue weighted by Crippen LogP contribution is -2.42. The fraction of sp³-hybridized carbons (Fsp3) is 0.389. The van der Waals surface area contributed by atoms with Gasteiger partial charge in [-0.15, -0.1) is 0 Å². The average Bonchev–Trinajstić information content (AvgIpc) is 2.68. The molecule has 1 aromatic rings. The van der Waals surface area contributed by atoms with E-state index in [1.807, 2.05) is 0 Å². The predicted octanol–water partition coefficient (Wildman–Crippen LogP) is 1.33. The van der Waals surface area contributed by atoms with Gasteiger partial charge in [0.1, 0.15) is 6.07 Å². The van der Waals surface area contributed by atoms with Crippen LogP contribution in [0.2, 0.25) is 0 Å². The van der Waals surface area contributed by atoms with E-state index in [1.54, 1.807) is 42.2 Å². The number of hydrogen-bond donors (Lipinski definition) is 3. The third kappa shape index (κ3) is 5.28. The Balaban J connectivity index is 2.02. The van der Waals surface area contributed by atoms with Crippen LogP contribution in [0.4, 0.5) is 5.69 Å². The molecule has 0 bridgehead atoms. The first kappa shape index (κ1) is 19.9. The summed E-state index contributed by atoms with van der Waals surface area (Å²) in [6, 6.07) is 8.25. The Labute approximate surface area is 157 Å². The van der Waals surface area contributed by atoms with Crippen LogP contribution < -0.4 is 11.2 Å². The van der Waals surface area contributed by atoms with Gasteiger partial charge >= 0.3 is 5.97 Å². The number of benzene rings is 1. The molecule has 0 spiro atoms. The number of amides is 1. The number of ether oxygens (including phenoxy) is 1. The van der Waals surface area contributed by atoms with Crippen molar-refractivity contribution in [1.82, 2.24) is 4.90 Å². The lowest BCUT2D eigenvalue weighted by molar-refractivity contribution is -0.149. The second-order valence-electron chi connectivity index (χ2n) is 6.02. The van der Waals surface area contributed by atoms with Gasteiger partial charge in [0.2, 0.25) is 5.71 Å². The first-order valence-electron chi connectivity index (χ1n) is 8.60. The number of nitrogens with zero attached hydrogens (tertiary/aromatic N) is 3. The molecular formula is C18H22N6O3. The van der Waals surface area contributed by atoms with Crippen molar-refractivity contribution in [2.24, 2.45) is 16.8 Å². The molecule has 9 heteroatoms. The van der Waals surface area contributed by atoms with Crippen LogP contribution in [0.25, 0.3) is 0 Å². The first-order chi connectivity index (χ1) is 13.0. The number of rotatable bonds is 6. The van der Waals surface area contributed by atoms with Crippen molar-refractivity contribution < 1.29 is 14.3 Å². The third-order valence-corrected chi connectivity index (χ3v) is 4.12. The van der Waals surface area contributed by atoms with Crippen molar-refractivity contribution in [3.8, 4) is 6.07 Å². The molecule has 0 aliphatic carbocycles. The highest BCUT2D eigenvalue weighted by atomic mass is 16.5. The smallest absolute Gasteiger partial charge is 0.310 e. The SMILES string of the molecule is CCOC(=O)C1CCCN(C(=O)c2ccc(N/N=C(\C#N)C(=N)N)cc2)C1. The molecule has 4 N–H and O–H groups in total. The highest BCUT2D eigenvalue weighted by Gasteiger charge is 2.29. The van der Waals surface area contributed by atoms with Crippen molar-refractivity contribution in [1.29, 1.82) is 10.7 Å². The van der Waals surface area contributed by atoms with Crippen molar-refractivity contribution in [2.75, 3.05) is 25.1 Å². The van der Waals surface area contributed by atoms with E-state index < -0.39 is 5.84 Å². The van der Waals surface area contributed by atoms with Gasteiger partial charge in [-0.2, -0.15) is 10.4 Å². The number of amidine groups is 1. The maximum atomic E-state index is 12.7. The summed E-state index contributed by atoms with van der Waals surface area (Å²) < 4.78 is 5.06. The number of nitrogens with one attached hydrogen (secondary N) is 2. The van der Waals surface area contributed by atoms with Crippen molar-refractivity contribution in [3.05, 3.63) is 29.8 Å². The Morgan fingerprint density at radius 1 is 1.44 bits per heavy atom. The number of hydrogen-bond acceptors (Lipinski definition) is 7. The molecule has 1 aliphatic rings. The van der Waals surface area contributed by atoms with Gasteiger partial charge in [-0.05, 0) is 44.0 Å². The molecule has 0 aromatic heterocycles. The number of nitrogens with two attached hydrogens (primary N) is 1. The summed E-state index contributed by atoms with van der Waals surface area (Å²) in [5.74, 6) is -1.13. The molecule has 1 unspecified atom stereocenters. The second kappa shape index (κ2) is 9.33. The fourth-order valence-electron chi connectivity index (χ4n) is 2.75. The van der Waals surface area contributed by atoms with Crippen LogP contribution in [-0.4, -0.2) is 48.0 Å². The Morgan fingerprint density at radius 3 is 2.74 bits per heavy atom. The predicted molar refractivity (Wildman–Crippen MR) is 100 cm³/mol. The van der Waals surface area contributed by atoms with Gasteiger partial charge in [0, 0.05) is 18.7 Å². The molecule has 1 atom stereocenters. The van der Waals surface area contributed by atoms with E-state index in [-0.39, 0.29) is 23.5 Å². The fourth-order valence-corrected chi connectivity index (χ4v) is 2.75. The number of piperidine rings is 1. The summed E-state index contributed by atoms with van der Waals surface area (Å²) in [7, 11) is 0. The Bertz CT molecular complexity index is 781. The van der Waals surface area contributed by atoms with Crippen molar-refractivity contribution in [2.45, 2.75) is 19.8 Å².